The number of carboxylic acid groups (broad SMARTS) is 2. The summed E-state index contributed by atoms with van der Waals surface area (Å²) in [5.74, 6) is -3.63. The molecule has 0 aliphatic heterocycles. The first-order valence-corrected chi connectivity index (χ1v) is 32.9. The van der Waals surface area contributed by atoms with Crippen molar-refractivity contribution >= 4 is 122 Å². The number of unbranched alkanes of at least 4 members (excludes halogenated alkanes) is 1. The summed E-state index contributed by atoms with van der Waals surface area (Å²) in [5, 5.41) is 37.9. The molecule has 2 atom stereocenters. The molecule has 1 aliphatic rings. The monoisotopic (exact) mass is 1310 g/mol. The van der Waals surface area contributed by atoms with Crippen LogP contribution in [0.4, 0.5) is 5.82 Å². The highest BCUT2D eigenvalue weighted by molar-refractivity contribution is 7.15. The number of aromatic nitrogens is 7. The summed E-state index contributed by atoms with van der Waals surface area (Å²) in [6.07, 6.45) is 4.91. The molecule has 88 heavy (non-hydrogen) atoms. The number of carboxylic acids is 1. The molecular weight excluding hydrogens is 1250 g/mol. The first-order valence-electron chi connectivity index (χ1n) is 27.7. The fourth-order valence-corrected chi connectivity index (χ4v) is 14.5. The predicted molar refractivity (Wildman–Crippen MR) is 338 cm³/mol. The van der Waals surface area contributed by atoms with Gasteiger partial charge >= 0.3 is 5.97 Å². The number of benzene rings is 1. The van der Waals surface area contributed by atoms with Crippen LogP contribution in [0.3, 0.4) is 0 Å². The number of nitrogens with one attached hydrogen (secondary N) is 4. The molecule has 9 rings (SSSR count). The number of amides is 6. The Morgan fingerprint density at radius 2 is 1.49 bits per heavy atom. The number of ether oxygens (including phenoxy) is 1. The second kappa shape index (κ2) is 31.2. The van der Waals surface area contributed by atoms with Crippen LogP contribution in [-0.2, 0) is 48.2 Å². The van der Waals surface area contributed by atoms with Crippen molar-refractivity contribution < 1.29 is 53.3 Å². The maximum Gasteiger partial charge on any atom is 0.303 e. The molecule has 7 heterocycles. The lowest BCUT2D eigenvalue weighted by Gasteiger charge is -2.30. The van der Waals surface area contributed by atoms with Gasteiger partial charge in [0.25, 0.3) is 24.2 Å². The predicted octanol–water partition coefficient (Wildman–Crippen LogP) is 8.77. The van der Waals surface area contributed by atoms with Crippen LogP contribution >= 0.6 is 68.0 Å². The Kier molecular flexibility index (Phi) is 23.3. The van der Waals surface area contributed by atoms with Crippen LogP contribution in [0.25, 0.3) is 43.4 Å². The number of aryl methyl sites for hydroxylation is 3. The molecule has 24 nitrogen and oxygen atoms in total. The van der Waals surface area contributed by atoms with Gasteiger partial charge in [-0.3, -0.25) is 43.3 Å². The normalized spacial score (nSPS) is 12.7. The summed E-state index contributed by atoms with van der Waals surface area (Å²) >= 11 is 7.88. The third-order valence-electron chi connectivity index (χ3n) is 13.7. The summed E-state index contributed by atoms with van der Waals surface area (Å²) < 4.78 is 5.32. The lowest BCUT2D eigenvalue weighted by Crippen LogP contribution is -2.39. The van der Waals surface area contributed by atoms with E-state index in [0.717, 1.165) is 54.1 Å². The molecule has 1 fully saturated rings. The van der Waals surface area contributed by atoms with Crippen LogP contribution in [0.2, 0.25) is 0 Å². The van der Waals surface area contributed by atoms with Crippen LogP contribution in [0.15, 0.2) is 64.0 Å². The molecule has 0 saturated heterocycles. The Hall–Kier alpha value is -8.13. The van der Waals surface area contributed by atoms with E-state index in [4.69, 9.17) is 50.3 Å². The lowest BCUT2D eigenvalue weighted by atomic mass is 9.84. The topological polar surface area (TPSA) is 354 Å². The molecule has 1 aromatic carbocycles. The van der Waals surface area contributed by atoms with E-state index >= 15 is 0 Å². The number of nitrogens with two attached hydrogens (primary N) is 1. The van der Waals surface area contributed by atoms with Crippen molar-refractivity contribution in [3.63, 3.8) is 0 Å². The number of primary amides is 1. The Labute approximate surface area is 529 Å². The fourth-order valence-electron chi connectivity index (χ4n) is 9.01. The average Bonchev–Trinajstić information content (AvgIpc) is 2.58. The molecule has 8 N–H and O–H groups in total. The minimum absolute atomic E-state index is 0.00544. The quantitative estimate of drug-likeness (QED) is 0.0178. The molecule has 7 aromatic heterocycles. The highest BCUT2D eigenvalue weighted by Crippen LogP contribution is 2.40. The van der Waals surface area contributed by atoms with Crippen LogP contribution in [0.5, 0.6) is 0 Å². The average molecular weight is 1310 g/mol. The van der Waals surface area contributed by atoms with E-state index in [9.17, 15) is 38.7 Å². The van der Waals surface area contributed by atoms with Gasteiger partial charge in [-0.25, -0.2) is 34.9 Å². The van der Waals surface area contributed by atoms with Crippen molar-refractivity contribution in [3.8, 4) is 43.4 Å². The fraction of sp³-hybridized carbons (Fsp3) is 0.362. The van der Waals surface area contributed by atoms with E-state index in [2.05, 4.69) is 38.4 Å². The zero-order valence-electron chi connectivity index (χ0n) is 48.4. The first-order chi connectivity index (χ1) is 42.4. The number of carbonyl (C=O) groups excluding carboxylic acids is 6. The van der Waals surface area contributed by atoms with E-state index in [1.54, 1.807) is 28.5 Å². The van der Waals surface area contributed by atoms with Crippen LogP contribution < -0.4 is 31.9 Å². The third kappa shape index (κ3) is 16.9. The Morgan fingerprint density at radius 3 is 2.18 bits per heavy atom. The van der Waals surface area contributed by atoms with Gasteiger partial charge < -0.3 is 42.0 Å². The number of aliphatic carboxylic acids is 1. The van der Waals surface area contributed by atoms with Gasteiger partial charge in [-0.1, -0.05) is 50.6 Å². The van der Waals surface area contributed by atoms with Crippen molar-refractivity contribution in [3.05, 3.63) is 111 Å². The summed E-state index contributed by atoms with van der Waals surface area (Å²) in [6, 6.07) is 12.2. The minimum atomic E-state index is -0.983. The maximum absolute atomic E-state index is 14.4. The molecule has 1 saturated carbocycles. The Bertz CT molecular complexity index is 3780. The molecule has 30 heteroatoms. The number of hydrogen-bond donors (Lipinski definition) is 7. The summed E-state index contributed by atoms with van der Waals surface area (Å²) in [4.78, 5) is 136. The molecule has 0 spiro atoms. The largest absolute Gasteiger partial charge is 0.483 e. The van der Waals surface area contributed by atoms with E-state index in [-0.39, 0.29) is 67.3 Å². The molecule has 1 unspecified atom stereocenters. The number of methoxy groups -OCH3 is 1. The number of thiazole rings is 6. The zero-order valence-corrected chi connectivity index (χ0v) is 53.3. The smallest absolute Gasteiger partial charge is 0.303 e. The Balaban J connectivity index is 0.00000327. The summed E-state index contributed by atoms with van der Waals surface area (Å²) in [7, 11) is 2.95. The number of hydrogen-bond acceptors (Lipinski definition) is 22. The van der Waals surface area contributed by atoms with Crippen molar-refractivity contribution in [1.82, 2.24) is 56.2 Å². The number of nitrogens with zero attached hydrogens (tertiary/aromatic N) is 8. The van der Waals surface area contributed by atoms with E-state index in [1.165, 1.54) is 65.1 Å². The number of rotatable bonds is 28. The van der Waals surface area contributed by atoms with Crippen molar-refractivity contribution in [2.24, 2.45) is 17.6 Å². The van der Waals surface area contributed by atoms with Gasteiger partial charge in [0.2, 0.25) is 17.7 Å². The SMILES string of the molecule is CNC(=O)C[C@H](NC(=O)c1csc(-c2ccc(-c3nc(N(CCCCC(=O)O)C(=O)C4CCC4)cs3)nc2-c2csc(-c3csc(CCc4ccccc4)n3)n2)n1)c1nc(C(=O)NC(c2nc(C(=O)NCC(N)=O)c(COC)s2)C(C)C)c(C)s1.O=CO. The van der Waals surface area contributed by atoms with Gasteiger partial charge in [0, 0.05) is 71.4 Å². The molecular formula is C58H63N13O11S6. The van der Waals surface area contributed by atoms with Crippen molar-refractivity contribution in [1.29, 1.82) is 0 Å². The van der Waals surface area contributed by atoms with Gasteiger partial charge in [-0.2, -0.15) is 0 Å². The van der Waals surface area contributed by atoms with Gasteiger partial charge in [0.15, 0.2) is 0 Å². The van der Waals surface area contributed by atoms with Crippen LogP contribution in [0, 0.1) is 18.8 Å². The zero-order chi connectivity index (χ0) is 63.0. The highest BCUT2D eigenvalue weighted by atomic mass is 32.1. The minimum Gasteiger partial charge on any atom is -0.483 e. The van der Waals surface area contributed by atoms with Crippen LogP contribution in [0.1, 0.15) is 133 Å². The van der Waals surface area contributed by atoms with Gasteiger partial charge in [0.05, 0.1) is 47.2 Å². The lowest BCUT2D eigenvalue weighted by molar-refractivity contribution is -0.137. The van der Waals surface area contributed by atoms with Crippen molar-refractivity contribution in [2.75, 3.05) is 32.1 Å². The number of pyridine rings is 1. The molecule has 0 radical (unpaired) electrons. The highest BCUT2D eigenvalue weighted by Gasteiger charge is 2.33. The van der Waals surface area contributed by atoms with Crippen molar-refractivity contribution in [2.45, 2.75) is 97.2 Å². The van der Waals surface area contributed by atoms with Gasteiger partial charge in [0.1, 0.15) is 65.0 Å². The molecule has 8 aromatic rings. The second-order valence-corrected chi connectivity index (χ2v) is 26.2. The molecule has 462 valence electrons. The van der Waals surface area contributed by atoms with E-state index < -0.39 is 47.6 Å². The molecule has 0 bridgehead atoms. The standard InChI is InChI=1S/C57H61N13O9S6.CH2O2/c1-29(2)45(56-69-48(39(85-56)24-79-5)50(76)60-23-40(58)71)67-51(77)46-30(3)84-55(68-46)35(22-42(72)59-4)63-49(75)37-26-81-52(65-37)33-18-19-34(53-66-41(28-83-53)70(21-10-9-16-44(73)74)57(78)32-14-11-15-32)62-47(33)36-25-82-54(64-36)38-27-80-43(61-38)20-17-31-12-7-6-8-13-31;2-1-3/h6-8,12-13,18-19,25-29,32,35,45H,9-11,14-17,20-24H2,1-5H3,(H2,58,71)(H,59,72)(H,60,76)(H,63,75)(H,67,77)(H,73,74);1H,(H,2,3)/t35-,45?;/m0./s1. The van der Waals surface area contributed by atoms with E-state index in [0.29, 0.717) is 82.6 Å². The first kappa shape index (κ1) is 65.8. The van der Waals surface area contributed by atoms with Gasteiger partial charge in [-0.05, 0) is 62.6 Å². The second-order valence-electron chi connectivity index (χ2n) is 20.3. The third-order valence-corrected chi connectivity index (χ3v) is 19.4. The number of carbonyl (C=O) groups is 8. The molecule has 6 amide bonds. The molecule has 1 aliphatic carbocycles. The van der Waals surface area contributed by atoms with Crippen LogP contribution in [-0.4, -0.2) is 120 Å². The summed E-state index contributed by atoms with van der Waals surface area (Å²) in [6.45, 7) is 5.23. The number of anilines is 1. The summed E-state index contributed by atoms with van der Waals surface area (Å²) in [5.41, 5.74) is 9.46. The Morgan fingerprint density at radius 1 is 0.773 bits per heavy atom. The van der Waals surface area contributed by atoms with E-state index in [1.807, 2.05) is 60.3 Å². The van der Waals surface area contributed by atoms with Gasteiger partial charge in [-0.15, -0.1) is 68.0 Å². The maximum atomic E-state index is 14.4.